The first-order valence-corrected chi connectivity index (χ1v) is 10.2. The number of nitrogens with two attached hydrogens (primary N) is 1. The lowest BCUT2D eigenvalue weighted by molar-refractivity contribution is 0.319. The van der Waals surface area contributed by atoms with Crippen molar-refractivity contribution in [1.29, 1.82) is 0 Å². The van der Waals surface area contributed by atoms with Gasteiger partial charge in [-0.15, -0.1) is 23.7 Å². The highest BCUT2D eigenvalue weighted by molar-refractivity contribution is 7.93. The van der Waals surface area contributed by atoms with Gasteiger partial charge >= 0.3 is 0 Å². The van der Waals surface area contributed by atoms with Crippen molar-refractivity contribution in [1.82, 2.24) is 0 Å². The second-order valence-corrected chi connectivity index (χ2v) is 9.90. The van der Waals surface area contributed by atoms with Gasteiger partial charge in [0.15, 0.2) is 9.84 Å². The van der Waals surface area contributed by atoms with Gasteiger partial charge in [0.05, 0.1) is 22.2 Å². The van der Waals surface area contributed by atoms with E-state index in [1.807, 2.05) is 0 Å². The normalized spacial score (nSPS) is 11.9. The van der Waals surface area contributed by atoms with Crippen LogP contribution in [0, 0.1) is 0 Å². The van der Waals surface area contributed by atoms with Crippen LogP contribution in [0.15, 0.2) is 50.4 Å². The molecule has 2 rings (SSSR count). The van der Waals surface area contributed by atoms with Gasteiger partial charge in [0.1, 0.15) is 4.21 Å². The van der Waals surface area contributed by atoms with Crippen molar-refractivity contribution < 1.29 is 21.9 Å². The van der Waals surface area contributed by atoms with Gasteiger partial charge in [0.2, 0.25) is 9.84 Å². The third-order valence-electron chi connectivity index (χ3n) is 2.96. The minimum atomic E-state index is -3.68. The number of benzene rings is 1. The predicted molar refractivity (Wildman–Crippen MR) is 90.5 cm³/mol. The van der Waals surface area contributed by atoms with E-state index < -0.39 is 32.0 Å². The highest BCUT2D eigenvalue weighted by Gasteiger charge is 2.21. The summed E-state index contributed by atoms with van der Waals surface area (Å²) in [5.41, 5.74) is 5.47. The smallest absolute Gasteiger partial charge is 0.215 e. The average molecular weight is 398 g/mol. The molecule has 10 heteroatoms. The van der Waals surface area contributed by atoms with Gasteiger partial charge in [-0.05, 0) is 36.4 Å². The predicted octanol–water partition coefficient (Wildman–Crippen LogP) is 1.23. The Bertz CT molecular complexity index is 857. The topological polar surface area (TPSA) is 115 Å². The maximum Gasteiger partial charge on any atom is 0.215 e. The molecule has 0 unspecified atom stereocenters. The van der Waals surface area contributed by atoms with Crippen molar-refractivity contribution in [3.63, 3.8) is 0 Å². The molecule has 2 aromatic rings. The molecule has 0 fully saturated rings. The number of aliphatic hydroxyl groups is 1. The van der Waals surface area contributed by atoms with E-state index in [9.17, 15) is 16.8 Å². The van der Waals surface area contributed by atoms with Crippen LogP contribution in [0.2, 0.25) is 0 Å². The largest absolute Gasteiger partial charge is 0.395 e. The first-order chi connectivity index (χ1) is 10.3. The Morgan fingerprint density at radius 1 is 0.957 bits per heavy atom. The molecule has 0 radical (unpaired) electrons. The summed E-state index contributed by atoms with van der Waals surface area (Å²) in [7, 11) is -7.28. The summed E-state index contributed by atoms with van der Waals surface area (Å²) in [6.45, 7) is -0.224. The van der Waals surface area contributed by atoms with Gasteiger partial charge < -0.3 is 10.8 Å². The maximum absolute atomic E-state index is 12.4. The summed E-state index contributed by atoms with van der Waals surface area (Å²) >= 11 is 1.09. The Balaban J connectivity index is 0.00000264. The van der Waals surface area contributed by atoms with Crippen LogP contribution in [0.3, 0.4) is 0 Å². The number of hydrogen-bond donors (Lipinski definition) is 2. The summed E-state index contributed by atoms with van der Waals surface area (Å²) in [5.74, 6) is -0.399. The van der Waals surface area contributed by atoms with E-state index in [2.05, 4.69) is 0 Å². The van der Waals surface area contributed by atoms with E-state index in [1.54, 1.807) is 6.07 Å². The van der Waals surface area contributed by atoms with Gasteiger partial charge in [-0.2, -0.15) is 0 Å². The fourth-order valence-electron chi connectivity index (χ4n) is 1.79. The molecule has 0 amide bonds. The molecule has 0 spiro atoms. The van der Waals surface area contributed by atoms with Gasteiger partial charge in [-0.25, -0.2) is 16.8 Å². The van der Waals surface area contributed by atoms with Crippen LogP contribution < -0.4 is 5.73 Å². The minimum absolute atomic E-state index is 0. The molecule has 1 heterocycles. The Hall–Kier alpha value is -0.970. The van der Waals surface area contributed by atoms with E-state index in [-0.39, 0.29) is 33.0 Å². The Labute approximate surface area is 145 Å². The summed E-state index contributed by atoms with van der Waals surface area (Å²) in [5, 5.41) is 8.74. The summed E-state index contributed by atoms with van der Waals surface area (Å²) in [6, 6.07) is 8.10. The second-order valence-electron chi connectivity index (χ2n) is 4.44. The summed E-state index contributed by atoms with van der Waals surface area (Å²) in [4.78, 5) is 0.746. The molecule has 0 aliphatic carbocycles. The van der Waals surface area contributed by atoms with Crippen molar-refractivity contribution in [2.45, 2.75) is 20.5 Å². The van der Waals surface area contributed by atoms with Crippen LogP contribution in [-0.2, 0) is 26.2 Å². The standard InChI is InChI=1S/C13H15NO5S3.ClH/c14-9-10-1-6-13(20-10)22(18,19)12-4-2-11(3-5-12)21(16,17)8-7-15;/h1-6,15H,7-9,14H2;1H. The zero-order valence-corrected chi connectivity index (χ0v) is 15.1. The van der Waals surface area contributed by atoms with Crippen molar-refractivity contribution in [3.8, 4) is 0 Å². The third kappa shape index (κ3) is 4.31. The van der Waals surface area contributed by atoms with Crippen molar-refractivity contribution >= 4 is 43.4 Å². The number of rotatable bonds is 6. The zero-order chi connectivity index (χ0) is 16.4. The SMILES string of the molecule is Cl.NCc1ccc(S(=O)(=O)c2ccc(S(=O)(=O)CCO)cc2)s1. The molecule has 0 saturated heterocycles. The molecule has 1 aromatic carbocycles. The molecular formula is C13H16ClNO5S3. The summed E-state index contributed by atoms with van der Waals surface area (Å²) in [6.07, 6.45) is 0. The highest BCUT2D eigenvalue weighted by atomic mass is 35.5. The van der Waals surface area contributed by atoms with Crippen molar-refractivity contribution in [2.24, 2.45) is 5.73 Å². The molecule has 3 N–H and O–H groups in total. The van der Waals surface area contributed by atoms with E-state index in [0.29, 0.717) is 0 Å². The molecule has 0 saturated carbocycles. The summed E-state index contributed by atoms with van der Waals surface area (Å²) < 4.78 is 48.6. The van der Waals surface area contributed by atoms with Crippen LogP contribution in [0.1, 0.15) is 4.88 Å². The lowest BCUT2D eigenvalue weighted by atomic mass is 10.4. The highest BCUT2D eigenvalue weighted by Crippen LogP contribution is 2.28. The van der Waals surface area contributed by atoms with Crippen LogP contribution in [0.5, 0.6) is 0 Å². The zero-order valence-electron chi connectivity index (χ0n) is 11.9. The van der Waals surface area contributed by atoms with Crippen LogP contribution >= 0.6 is 23.7 Å². The van der Waals surface area contributed by atoms with E-state index >= 15 is 0 Å². The monoisotopic (exact) mass is 397 g/mol. The van der Waals surface area contributed by atoms with Gasteiger partial charge in [-0.3, -0.25) is 0 Å². The average Bonchev–Trinajstić information content (AvgIpc) is 2.97. The fraction of sp³-hybridized carbons (Fsp3) is 0.231. The van der Waals surface area contributed by atoms with Crippen LogP contribution in [0.25, 0.3) is 0 Å². The molecule has 0 aliphatic heterocycles. The van der Waals surface area contributed by atoms with E-state index in [4.69, 9.17) is 10.8 Å². The lowest BCUT2D eigenvalue weighted by Gasteiger charge is -2.05. The molecule has 0 aliphatic rings. The van der Waals surface area contributed by atoms with E-state index in [1.165, 1.54) is 30.3 Å². The molecule has 23 heavy (non-hydrogen) atoms. The van der Waals surface area contributed by atoms with Crippen molar-refractivity contribution in [3.05, 3.63) is 41.3 Å². The van der Waals surface area contributed by atoms with E-state index in [0.717, 1.165) is 16.2 Å². The Morgan fingerprint density at radius 2 is 1.52 bits per heavy atom. The molecule has 6 nitrogen and oxygen atoms in total. The lowest BCUT2D eigenvalue weighted by Crippen LogP contribution is -2.10. The quantitative estimate of drug-likeness (QED) is 0.757. The van der Waals surface area contributed by atoms with Gasteiger partial charge in [0.25, 0.3) is 0 Å². The fourth-order valence-corrected chi connectivity index (χ4v) is 5.46. The molecule has 0 bridgehead atoms. The first kappa shape index (κ1) is 20.1. The van der Waals surface area contributed by atoms with Crippen molar-refractivity contribution in [2.75, 3.05) is 12.4 Å². The molecular weight excluding hydrogens is 382 g/mol. The number of halogens is 1. The molecule has 128 valence electrons. The first-order valence-electron chi connectivity index (χ1n) is 6.29. The Morgan fingerprint density at radius 3 is 2.00 bits per heavy atom. The second kappa shape index (κ2) is 7.73. The number of thiophene rings is 1. The van der Waals surface area contributed by atoms with Crippen LogP contribution in [-0.4, -0.2) is 34.3 Å². The molecule has 1 aromatic heterocycles. The third-order valence-corrected chi connectivity index (χ3v) is 8.04. The van der Waals surface area contributed by atoms with Gasteiger partial charge in [0, 0.05) is 11.4 Å². The number of hydrogen-bond acceptors (Lipinski definition) is 7. The number of sulfone groups is 2. The number of aliphatic hydroxyl groups excluding tert-OH is 1. The minimum Gasteiger partial charge on any atom is -0.395 e. The molecule has 0 atom stereocenters. The maximum atomic E-state index is 12.4. The Kier molecular flexibility index (Phi) is 6.75. The van der Waals surface area contributed by atoms with Gasteiger partial charge in [-0.1, -0.05) is 0 Å². The van der Waals surface area contributed by atoms with Crippen LogP contribution in [0.4, 0.5) is 0 Å².